The Bertz CT molecular complexity index is 640. The van der Waals surface area contributed by atoms with Gasteiger partial charge in [-0.1, -0.05) is 25.5 Å². The van der Waals surface area contributed by atoms with Gasteiger partial charge in [0.1, 0.15) is 0 Å². The number of aryl methyl sites for hydroxylation is 1. The van der Waals surface area contributed by atoms with E-state index in [1.165, 1.54) is 5.56 Å². The average Bonchev–Trinajstić information content (AvgIpc) is 2.68. The Morgan fingerprint density at radius 1 is 1.25 bits per heavy atom. The molecule has 0 N–H and O–H groups in total. The number of benzene rings is 1. The van der Waals surface area contributed by atoms with Crippen molar-refractivity contribution in [2.75, 3.05) is 0 Å². The summed E-state index contributed by atoms with van der Waals surface area (Å²) in [6.45, 7) is 2.18. The summed E-state index contributed by atoms with van der Waals surface area (Å²) in [4.78, 5) is 8.86. The number of imidazole rings is 1. The lowest BCUT2D eigenvalue weighted by molar-refractivity contribution is 0.898. The van der Waals surface area contributed by atoms with Crippen LogP contribution in [0.4, 0.5) is 0 Å². The molecule has 3 aromatic rings. The maximum Gasteiger partial charge on any atom is 0.234 e. The summed E-state index contributed by atoms with van der Waals surface area (Å²) in [6.07, 6.45) is 6.27. The van der Waals surface area contributed by atoms with Gasteiger partial charge >= 0.3 is 0 Å². The zero-order valence-corrected chi connectivity index (χ0v) is 9.22. The van der Waals surface area contributed by atoms with E-state index in [9.17, 15) is 0 Å². The van der Waals surface area contributed by atoms with Crippen LogP contribution in [0.5, 0.6) is 0 Å². The molecule has 2 aromatic heterocycles. The third-order valence-corrected chi connectivity index (χ3v) is 2.76. The molecule has 2 heterocycles. The Hall–Kier alpha value is -1.90. The molecule has 0 atom stereocenters. The maximum atomic E-state index is 4.47. The van der Waals surface area contributed by atoms with Crippen molar-refractivity contribution in [1.29, 1.82) is 0 Å². The fraction of sp³-hybridized carbons (Fsp3) is 0.231. The van der Waals surface area contributed by atoms with Crippen LogP contribution in [-0.2, 0) is 6.42 Å². The molecule has 0 unspecified atom stereocenters. The quantitative estimate of drug-likeness (QED) is 0.652. The molecule has 0 aliphatic carbocycles. The highest BCUT2D eigenvalue weighted by Crippen LogP contribution is 2.15. The normalized spacial score (nSPS) is 11.3. The van der Waals surface area contributed by atoms with Crippen molar-refractivity contribution in [1.82, 2.24) is 14.4 Å². The molecule has 0 spiro atoms. The van der Waals surface area contributed by atoms with Crippen LogP contribution in [0.1, 0.15) is 18.9 Å². The van der Waals surface area contributed by atoms with E-state index >= 15 is 0 Å². The average molecular weight is 211 g/mol. The molecule has 16 heavy (non-hydrogen) atoms. The van der Waals surface area contributed by atoms with Crippen molar-refractivity contribution in [3.8, 4) is 0 Å². The number of hydrogen-bond donors (Lipinski definition) is 0. The molecule has 0 saturated heterocycles. The number of rotatable bonds is 2. The standard InChI is InChI=1S/C13H13N3/c1-2-5-10-8-14-13-15-11-6-3-4-7-12(11)16(13)9-10/h3-4,6-9H,2,5H2,1H3. The van der Waals surface area contributed by atoms with Crippen molar-refractivity contribution < 1.29 is 0 Å². The second-order valence-electron chi connectivity index (χ2n) is 3.98. The highest BCUT2D eigenvalue weighted by molar-refractivity contribution is 5.79. The summed E-state index contributed by atoms with van der Waals surface area (Å²) in [6, 6.07) is 8.13. The van der Waals surface area contributed by atoms with Gasteiger partial charge in [0.2, 0.25) is 5.78 Å². The van der Waals surface area contributed by atoms with Crippen LogP contribution >= 0.6 is 0 Å². The molecular formula is C13H13N3. The minimum atomic E-state index is 0.779. The molecule has 0 aliphatic rings. The highest BCUT2D eigenvalue weighted by atomic mass is 15.1. The second-order valence-corrected chi connectivity index (χ2v) is 3.98. The number of hydrogen-bond acceptors (Lipinski definition) is 2. The summed E-state index contributed by atoms with van der Waals surface area (Å²) in [7, 11) is 0. The Morgan fingerprint density at radius 3 is 3.00 bits per heavy atom. The van der Waals surface area contributed by atoms with Crippen LogP contribution in [0.15, 0.2) is 36.7 Å². The van der Waals surface area contributed by atoms with Crippen LogP contribution in [0.3, 0.4) is 0 Å². The Labute approximate surface area is 93.8 Å². The summed E-state index contributed by atoms with van der Waals surface area (Å²) >= 11 is 0. The molecular weight excluding hydrogens is 198 g/mol. The SMILES string of the molecule is CCCc1cnc2nc3ccccc3n2c1. The first kappa shape index (κ1) is 9.33. The lowest BCUT2D eigenvalue weighted by Crippen LogP contribution is -1.93. The fourth-order valence-electron chi connectivity index (χ4n) is 2.01. The van der Waals surface area contributed by atoms with E-state index in [0.717, 1.165) is 29.7 Å². The van der Waals surface area contributed by atoms with Gasteiger partial charge in [-0.2, -0.15) is 0 Å². The molecule has 1 aromatic carbocycles. The van der Waals surface area contributed by atoms with Crippen molar-refractivity contribution in [3.05, 3.63) is 42.2 Å². The minimum Gasteiger partial charge on any atom is -0.283 e. The Morgan fingerprint density at radius 2 is 2.12 bits per heavy atom. The van der Waals surface area contributed by atoms with Gasteiger partial charge < -0.3 is 0 Å². The molecule has 0 radical (unpaired) electrons. The van der Waals surface area contributed by atoms with Crippen LogP contribution in [0.25, 0.3) is 16.8 Å². The first-order valence-corrected chi connectivity index (χ1v) is 5.60. The third kappa shape index (κ3) is 1.36. The summed E-state index contributed by atoms with van der Waals surface area (Å²) in [5.74, 6) is 0.779. The van der Waals surface area contributed by atoms with Gasteiger partial charge in [0.25, 0.3) is 0 Å². The van der Waals surface area contributed by atoms with Crippen LogP contribution in [0, 0.1) is 0 Å². The van der Waals surface area contributed by atoms with Crippen molar-refractivity contribution in [2.24, 2.45) is 0 Å². The summed E-state index contributed by atoms with van der Waals surface area (Å²) < 4.78 is 2.07. The van der Waals surface area contributed by atoms with E-state index in [1.807, 2.05) is 24.4 Å². The van der Waals surface area contributed by atoms with Crippen molar-refractivity contribution in [3.63, 3.8) is 0 Å². The molecule has 3 rings (SSSR count). The molecule has 3 nitrogen and oxygen atoms in total. The first-order chi connectivity index (χ1) is 7.88. The van der Waals surface area contributed by atoms with Gasteiger partial charge in [0, 0.05) is 12.4 Å². The number of aromatic nitrogens is 3. The zero-order chi connectivity index (χ0) is 11.0. The number of nitrogens with zero attached hydrogens (tertiary/aromatic N) is 3. The van der Waals surface area contributed by atoms with E-state index in [1.54, 1.807) is 0 Å². The van der Waals surface area contributed by atoms with Gasteiger partial charge in [-0.05, 0) is 24.1 Å². The minimum absolute atomic E-state index is 0.779. The van der Waals surface area contributed by atoms with Crippen LogP contribution < -0.4 is 0 Å². The summed E-state index contributed by atoms with van der Waals surface area (Å²) in [5, 5.41) is 0. The van der Waals surface area contributed by atoms with Gasteiger partial charge in [0.05, 0.1) is 11.0 Å². The molecule has 0 amide bonds. The van der Waals surface area contributed by atoms with Gasteiger partial charge in [-0.25, -0.2) is 9.97 Å². The van der Waals surface area contributed by atoms with E-state index < -0.39 is 0 Å². The van der Waals surface area contributed by atoms with E-state index in [0.29, 0.717) is 0 Å². The lowest BCUT2D eigenvalue weighted by Gasteiger charge is -1.99. The molecule has 0 aliphatic heterocycles. The van der Waals surface area contributed by atoms with E-state index in [-0.39, 0.29) is 0 Å². The van der Waals surface area contributed by atoms with Crippen molar-refractivity contribution in [2.45, 2.75) is 19.8 Å². The smallest absolute Gasteiger partial charge is 0.234 e. The van der Waals surface area contributed by atoms with E-state index in [4.69, 9.17) is 0 Å². The van der Waals surface area contributed by atoms with Gasteiger partial charge in [-0.15, -0.1) is 0 Å². The monoisotopic (exact) mass is 211 g/mol. The molecule has 3 heteroatoms. The maximum absolute atomic E-state index is 4.47. The molecule has 80 valence electrons. The van der Waals surface area contributed by atoms with E-state index in [2.05, 4.69) is 33.6 Å². The first-order valence-electron chi connectivity index (χ1n) is 5.60. The molecule has 0 fully saturated rings. The lowest BCUT2D eigenvalue weighted by atomic mass is 10.2. The fourth-order valence-corrected chi connectivity index (χ4v) is 2.01. The predicted octanol–water partition coefficient (Wildman–Crippen LogP) is 2.84. The third-order valence-electron chi connectivity index (χ3n) is 2.76. The topological polar surface area (TPSA) is 30.2 Å². The highest BCUT2D eigenvalue weighted by Gasteiger charge is 2.04. The van der Waals surface area contributed by atoms with Gasteiger partial charge in [0.15, 0.2) is 0 Å². The largest absolute Gasteiger partial charge is 0.283 e. The second kappa shape index (κ2) is 3.59. The number of para-hydroxylation sites is 2. The summed E-state index contributed by atoms with van der Waals surface area (Å²) in [5.41, 5.74) is 3.39. The van der Waals surface area contributed by atoms with Gasteiger partial charge in [-0.3, -0.25) is 4.40 Å². The molecule has 0 saturated carbocycles. The molecule has 0 bridgehead atoms. The Kier molecular flexibility index (Phi) is 2.10. The predicted molar refractivity (Wildman–Crippen MR) is 64.5 cm³/mol. The van der Waals surface area contributed by atoms with Crippen LogP contribution in [0.2, 0.25) is 0 Å². The van der Waals surface area contributed by atoms with Crippen LogP contribution in [-0.4, -0.2) is 14.4 Å². The van der Waals surface area contributed by atoms with Crippen molar-refractivity contribution >= 4 is 16.8 Å². The Balaban J connectivity index is 2.31. The number of fused-ring (bicyclic) bond motifs is 3. The zero-order valence-electron chi connectivity index (χ0n) is 9.22.